The van der Waals surface area contributed by atoms with Crippen molar-refractivity contribution in [1.29, 1.82) is 0 Å². The van der Waals surface area contributed by atoms with Crippen molar-refractivity contribution < 1.29 is 17.3 Å². The van der Waals surface area contributed by atoms with Crippen LogP contribution in [0.25, 0.3) is 10.8 Å². The summed E-state index contributed by atoms with van der Waals surface area (Å²) in [5, 5.41) is 2.22. The van der Waals surface area contributed by atoms with Crippen molar-refractivity contribution in [3.8, 4) is 5.75 Å². The Kier molecular flexibility index (Phi) is 7.76. The lowest BCUT2D eigenvalue weighted by Gasteiger charge is -2.34. The van der Waals surface area contributed by atoms with Crippen molar-refractivity contribution in [3.63, 3.8) is 0 Å². The minimum absolute atomic E-state index is 0.00165. The lowest BCUT2D eigenvalue weighted by Crippen LogP contribution is -2.47. The molecule has 7 heteroatoms. The Hall–Kier alpha value is -2.45. The SMILES string of the molecule is O=S(=O)(CCN1CCN(Cc2ccccc2)CC1)OCCOc1ccc2ccccc2c1. The lowest BCUT2D eigenvalue weighted by atomic mass is 10.1. The summed E-state index contributed by atoms with van der Waals surface area (Å²) in [5.74, 6) is 0.708. The molecule has 0 N–H and O–H groups in total. The highest BCUT2D eigenvalue weighted by Crippen LogP contribution is 2.20. The van der Waals surface area contributed by atoms with Gasteiger partial charge in [-0.3, -0.25) is 14.0 Å². The van der Waals surface area contributed by atoms with Gasteiger partial charge < -0.3 is 4.74 Å². The second-order valence-electron chi connectivity index (χ2n) is 8.04. The summed E-state index contributed by atoms with van der Waals surface area (Å²) in [6, 6.07) is 24.3. The molecular weight excluding hydrogens is 424 g/mol. The largest absolute Gasteiger partial charge is 0.491 e. The van der Waals surface area contributed by atoms with Gasteiger partial charge in [0, 0.05) is 39.3 Å². The van der Waals surface area contributed by atoms with Crippen molar-refractivity contribution >= 4 is 20.9 Å². The molecule has 6 nitrogen and oxygen atoms in total. The summed E-state index contributed by atoms with van der Waals surface area (Å²) in [5.41, 5.74) is 1.31. The van der Waals surface area contributed by atoms with E-state index in [9.17, 15) is 8.42 Å². The van der Waals surface area contributed by atoms with Crippen LogP contribution in [0.1, 0.15) is 5.56 Å². The fraction of sp³-hybridized carbons (Fsp3) is 0.360. The molecule has 1 heterocycles. The molecule has 0 unspecified atom stereocenters. The van der Waals surface area contributed by atoms with Crippen LogP contribution in [0.3, 0.4) is 0 Å². The van der Waals surface area contributed by atoms with Gasteiger partial charge in [-0.2, -0.15) is 8.42 Å². The zero-order valence-electron chi connectivity index (χ0n) is 18.2. The van der Waals surface area contributed by atoms with E-state index in [2.05, 4.69) is 34.1 Å². The maximum atomic E-state index is 12.3. The van der Waals surface area contributed by atoms with E-state index in [0.717, 1.165) is 43.5 Å². The minimum atomic E-state index is -3.57. The molecular formula is C25H30N2O4S. The number of benzene rings is 3. The molecule has 170 valence electrons. The van der Waals surface area contributed by atoms with Crippen LogP contribution in [-0.4, -0.2) is 69.9 Å². The van der Waals surface area contributed by atoms with E-state index in [-0.39, 0.29) is 19.0 Å². The van der Waals surface area contributed by atoms with Gasteiger partial charge in [0.1, 0.15) is 19.0 Å². The molecule has 0 spiro atoms. The number of ether oxygens (including phenoxy) is 1. The Morgan fingerprint density at radius 1 is 0.750 bits per heavy atom. The maximum absolute atomic E-state index is 12.3. The second kappa shape index (κ2) is 10.9. The van der Waals surface area contributed by atoms with Crippen LogP contribution in [0.4, 0.5) is 0 Å². The molecule has 4 rings (SSSR count). The van der Waals surface area contributed by atoms with Gasteiger partial charge in [0.05, 0.1) is 5.75 Å². The molecule has 3 aromatic carbocycles. The van der Waals surface area contributed by atoms with Crippen LogP contribution in [0.2, 0.25) is 0 Å². The molecule has 0 bridgehead atoms. The number of rotatable bonds is 10. The van der Waals surface area contributed by atoms with Gasteiger partial charge in [-0.25, -0.2) is 0 Å². The minimum Gasteiger partial charge on any atom is -0.491 e. The Morgan fingerprint density at radius 3 is 2.22 bits per heavy atom. The van der Waals surface area contributed by atoms with Crippen LogP contribution >= 0.6 is 0 Å². The van der Waals surface area contributed by atoms with E-state index in [4.69, 9.17) is 8.92 Å². The van der Waals surface area contributed by atoms with Crippen LogP contribution < -0.4 is 4.74 Å². The average molecular weight is 455 g/mol. The zero-order chi connectivity index (χ0) is 22.2. The highest BCUT2D eigenvalue weighted by atomic mass is 32.2. The fourth-order valence-electron chi connectivity index (χ4n) is 3.89. The Bertz CT molecular complexity index is 1100. The molecule has 0 aromatic heterocycles. The van der Waals surface area contributed by atoms with Gasteiger partial charge in [-0.1, -0.05) is 60.7 Å². The van der Waals surface area contributed by atoms with Gasteiger partial charge in [0.25, 0.3) is 10.1 Å². The summed E-state index contributed by atoms with van der Waals surface area (Å²) in [4.78, 5) is 4.59. The zero-order valence-corrected chi connectivity index (χ0v) is 19.0. The first kappa shape index (κ1) is 22.7. The number of piperazine rings is 1. The van der Waals surface area contributed by atoms with Crippen molar-refractivity contribution in [2.45, 2.75) is 6.54 Å². The second-order valence-corrected chi connectivity index (χ2v) is 9.80. The van der Waals surface area contributed by atoms with E-state index >= 15 is 0 Å². The van der Waals surface area contributed by atoms with Gasteiger partial charge in [-0.05, 0) is 28.5 Å². The van der Waals surface area contributed by atoms with E-state index in [0.29, 0.717) is 12.3 Å². The molecule has 1 saturated heterocycles. The third kappa shape index (κ3) is 6.77. The molecule has 1 aliphatic rings. The third-order valence-corrected chi connectivity index (χ3v) is 6.92. The summed E-state index contributed by atoms with van der Waals surface area (Å²) in [7, 11) is -3.57. The Balaban J connectivity index is 1.13. The molecule has 1 aliphatic heterocycles. The van der Waals surface area contributed by atoms with E-state index < -0.39 is 10.1 Å². The predicted octanol–water partition coefficient (Wildman–Crippen LogP) is 3.38. The van der Waals surface area contributed by atoms with Gasteiger partial charge in [0.15, 0.2) is 0 Å². The highest BCUT2D eigenvalue weighted by molar-refractivity contribution is 7.86. The first-order chi connectivity index (χ1) is 15.6. The Labute approximate surface area is 190 Å². The summed E-state index contributed by atoms with van der Waals surface area (Å²) in [6.45, 7) is 5.25. The summed E-state index contributed by atoms with van der Waals surface area (Å²) < 4.78 is 35.3. The highest BCUT2D eigenvalue weighted by Gasteiger charge is 2.20. The average Bonchev–Trinajstić information content (AvgIpc) is 2.82. The van der Waals surface area contributed by atoms with E-state index in [1.54, 1.807) is 0 Å². The molecule has 32 heavy (non-hydrogen) atoms. The van der Waals surface area contributed by atoms with E-state index in [1.807, 2.05) is 48.5 Å². The molecule has 3 aromatic rings. The fourth-order valence-corrected chi connectivity index (χ4v) is 4.81. The maximum Gasteiger partial charge on any atom is 0.268 e. The van der Waals surface area contributed by atoms with Crippen LogP contribution in [-0.2, 0) is 20.8 Å². The van der Waals surface area contributed by atoms with Crippen molar-refractivity contribution in [3.05, 3.63) is 78.4 Å². The predicted molar refractivity (Wildman–Crippen MR) is 127 cm³/mol. The monoisotopic (exact) mass is 454 g/mol. The summed E-state index contributed by atoms with van der Waals surface area (Å²) >= 11 is 0. The van der Waals surface area contributed by atoms with Gasteiger partial charge in [0.2, 0.25) is 0 Å². The van der Waals surface area contributed by atoms with Crippen molar-refractivity contribution in [2.75, 3.05) is 51.7 Å². The molecule has 0 saturated carbocycles. The standard InChI is InChI=1S/C25H30N2O4S/c28-32(29,31-18-17-30-25-11-10-23-8-4-5-9-24(23)20-25)19-16-26-12-14-27(15-13-26)21-22-6-2-1-3-7-22/h1-11,20H,12-19,21H2. The van der Waals surface area contributed by atoms with Gasteiger partial charge >= 0.3 is 0 Å². The number of hydrogen-bond acceptors (Lipinski definition) is 6. The quantitative estimate of drug-likeness (QED) is 0.346. The van der Waals surface area contributed by atoms with Gasteiger partial charge in [-0.15, -0.1) is 0 Å². The third-order valence-electron chi connectivity index (χ3n) is 5.71. The van der Waals surface area contributed by atoms with Crippen LogP contribution in [0, 0.1) is 0 Å². The van der Waals surface area contributed by atoms with Crippen molar-refractivity contribution in [2.24, 2.45) is 0 Å². The lowest BCUT2D eigenvalue weighted by molar-refractivity contribution is 0.131. The van der Waals surface area contributed by atoms with Crippen molar-refractivity contribution in [1.82, 2.24) is 9.80 Å². The summed E-state index contributed by atoms with van der Waals surface area (Å²) in [6.07, 6.45) is 0. The Morgan fingerprint density at radius 2 is 1.44 bits per heavy atom. The number of hydrogen-bond donors (Lipinski definition) is 0. The molecule has 1 fully saturated rings. The molecule has 0 radical (unpaired) electrons. The molecule has 0 atom stereocenters. The number of fused-ring (bicyclic) bond motifs is 1. The normalized spacial score (nSPS) is 15.8. The van der Waals surface area contributed by atoms with Crippen LogP contribution in [0.5, 0.6) is 5.75 Å². The van der Waals surface area contributed by atoms with E-state index in [1.165, 1.54) is 5.56 Å². The first-order valence-corrected chi connectivity index (χ1v) is 12.6. The number of nitrogens with zero attached hydrogens (tertiary/aromatic N) is 2. The smallest absolute Gasteiger partial charge is 0.268 e. The molecule has 0 amide bonds. The topological polar surface area (TPSA) is 59.1 Å². The molecule has 0 aliphatic carbocycles. The first-order valence-electron chi connectivity index (χ1n) is 11.0. The van der Waals surface area contributed by atoms with Crippen LogP contribution in [0.15, 0.2) is 72.8 Å².